The summed E-state index contributed by atoms with van der Waals surface area (Å²) in [5.74, 6) is 2.31. The van der Waals surface area contributed by atoms with Crippen molar-refractivity contribution in [2.45, 2.75) is 29.2 Å². The first-order valence-electron chi connectivity index (χ1n) is 11.1. The number of β-lactam (4-membered cyclic amide) rings is 1. The van der Waals surface area contributed by atoms with Gasteiger partial charge >= 0.3 is 5.97 Å². The van der Waals surface area contributed by atoms with Crippen molar-refractivity contribution in [1.29, 1.82) is 0 Å². The molecule has 200 valence electrons. The highest BCUT2D eigenvalue weighted by molar-refractivity contribution is 8.01. The van der Waals surface area contributed by atoms with Crippen LogP contribution in [-0.4, -0.2) is 106 Å². The van der Waals surface area contributed by atoms with E-state index in [1.807, 2.05) is 0 Å². The van der Waals surface area contributed by atoms with Gasteiger partial charge in [0.1, 0.15) is 35.2 Å². The van der Waals surface area contributed by atoms with E-state index >= 15 is 0 Å². The van der Waals surface area contributed by atoms with E-state index in [0.29, 0.717) is 5.16 Å². The molecule has 2 amide bonds. The summed E-state index contributed by atoms with van der Waals surface area (Å²) in [5.41, 5.74) is 4.68. The van der Waals surface area contributed by atoms with Gasteiger partial charge in [0.05, 0.1) is 0 Å². The fraction of sp³-hybridized carbons (Fsp3) is 0.500. The van der Waals surface area contributed by atoms with Gasteiger partial charge in [-0.2, -0.15) is 11.8 Å². The lowest BCUT2D eigenvalue weighted by Gasteiger charge is -2.53. The zero-order valence-electron chi connectivity index (χ0n) is 19.6. The molecule has 4 N–H and O–H groups in total. The lowest BCUT2D eigenvalue weighted by atomic mass is 9.89. The number of oxime groups is 1. The number of carbonyl (C=O) groups is 3. The summed E-state index contributed by atoms with van der Waals surface area (Å²) in [6.45, 7) is 0.141. The third-order valence-corrected chi connectivity index (χ3v) is 10.7. The molecule has 3 saturated heterocycles. The Morgan fingerprint density at radius 1 is 1.45 bits per heavy atom. The van der Waals surface area contributed by atoms with Crippen LogP contribution in [0.2, 0.25) is 0 Å². The van der Waals surface area contributed by atoms with Gasteiger partial charge in [0.2, 0.25) is 11.1 Å². The van der Waals surface area contributed by atoms with Gasteiger partial charge in [0.15, 0.2) is 10.8 Å². The van der Waals surface area contributed by atoms with E-state index < -0.39 is 28.7 Å². The van der Waals surface area contributed by atoms with E-state index in [-0.39, 0.29) is 53.1 Å². The zero-order chi connectivity index (χ0) is 26.9. The predicted molar refractivity (Wildman–Crippen MR) is 143 cm³/mol. The second-order valence-corrected chi connectivity index (χ2v) is 12.6. The van der Waals surface area contributed by atoms with Crippen LogP contribution in [0, 0.1) is 17.8 Å². The molecule has 0 aliphatic carbocycles. The van der Waals surface area contributed by atoms with E-state index in [1.165, 1.54) is 33.1 Å². The fourth-order valence-electron chi connectivity index (χ4n) is 3.81. The molecule has 2 unspecified atom stereocenters. The standard InChI is InChI=1S/C20H21N9O5S4/c1-2-3-29-19(24-26-27-29)38-9-20(17(32)33)7-28-15(31)13(16(28)37-8-20)23-14(30)12(11-6-36-18(21)22-11)25-34-10-4-35-5-10/h1,6,10,13,16H,3-5,7-9H2,(H2,21,22)(H,23,30)(H,32,33)/t13?,16-,20?/m1/s1. The molecule has 0 spiro atoms. The molecule has 0 saturated carbocycles. The second-order valence-electron chi connectivity index (χ2n) is 8.59. The summed E-state index contributed by atoms with van der Waals surface area (Å²) in [4.78, 5) is 49.5. The van der Waals surface area contributed by atoms with Gasteiger partial charge in [-0.15, -0.1) is 34.6 Å². The van der Waals surface area contributed by atoms with Gasteiger partial charge in [-0.3, -0.25) is 14.4 Å². The van der Waals surface area contributed by atoms with Crippen molar-refractivity contribution in [2.24, 2.45) is 10.6 Å². The van der Waals surface area contributed by atoms with Crippen molar-refractivity contribution in [3.8, 4) is 12.3 Å². The van der Waals surface area contributed by atoms with Gasteiger partial charge < -0.3 is 25.9 Å². The Hall–Kier alpha value is -3.01. The molecule has 0 bridgehead atoms. The molecule has 3 atom stereocenters. The number of hydrogen-bond donors (Lipinski definition) is 3. The van der Waals surface area contributed by atoms with Crippen LogP contribution in [0.1, 0.15) is 5.69 Å². The number of hydrogen-bond acceptors (Lipinski definition) is 14. The lowest BCUT2D eigenvalue weighted by molar-refractivity contribution is -0.157. The normalized spacial score (nSPS) is 25.1. The number of nitrogens with two attached hydrogens (primary N) is 1. The minimum Gasteiger partial charge on any atom is -0.481 e. The van der Waals surface area contributed by atoms with Gasteiger partial charge in [-0.25, -0.2) is 9.67 Å². The highest BCUT2D eigenvalue weighted by Crippen LogP contribution is 2.44. The van der Waals surface area contributed by atoms with E-state index in [0.717, 1.165) is 22.8 Å². The molecule has 5 heterocycles. The molecule has 0 radical (unpaired) electrons. The summed E-state index contributed by atoms with van der Waals surface area (Å²) >= 11 is 5.32. The first kappa shape index (κ1) is 26.6. The molecule has 3 fully saturated rings. The monoisotopic (exact) mass is 595 g/mol. The number of rotatable bonds is 10. The smallest absolute Gasteiger partial charge is 0.313 e. The number of anilines is 1. The van der Waals surface area contributed by atoms with Crippen LogP contribution in [0.4, 0.5) is 5.13 Å². The van der Waals surface area contributed by atoms with Crippen LogP contribution in [0.15, 0.2) is 15.7 Å². The highest BCUT2D eigenvalue weighted by atomic mass is 32.2. The van der Waals surface area contributed by atoms with Crippen molar-refractivity contribution in [2.75, 3.05) is 35.3 Å². The topological polar surface area (TPSA) is 191 Å². The third kappa shape index (κ3) is 5.15. The van der Waals surface area contributed by atoms with Crippen molar-refractivity contribution >= 4 is 75.2 Å². The minimum atomic E-state index is -1.23. The van der Waals surface area contributed by atoms with Crippen molar-refractivity contribution in [3.63, 3.8) is 0 Å². The molecule has 3 aliphatic heterocycles. The Balaban J connectivity index is 1.25. The van der Waals surface area contributed by atoms with E-state index in [1.54, 1.807) is 17.1 Å². The van der Waals surface area contributed by atoms with Crippen LogP contribution in [-0.2, 0) is 25.8 Å². The predicted octanol–water partition coefficient (Wildman–Crippen LogP) is -0.556. The van der Waals surface area contributed by atoms with Gasteiger partial charge in [0.25, 0.3) is 5.91 Å². The molecule has 0 aromatic carbocycles. The molecule has 18 heteroatoms. The SMILES string of the molecule is C#CCn1nnnc1SCC1(C(=O)O)CS[C@@H]2C(NC(=O)C(=NOC3CSC3)c3csc(N)n3)C(=O)N2C1. The maximum atomic E-state index is 13.1. The van der Waals surface area contributed by atoms with E-state index in [9.17, 15) is 19.5 Å². The Morgan fingerprint density at radius 3 is 2.92 bits per heavy atom. The maximum absolute atomic E-state index is 13.1. The number of aromatic nitrogens is 5. The fourth-order valence-corrected chi connectivity index (χ4v) is 7.64. The Labute approximate surface area is 232 Å². The number of aliphatic carboxylic acids is 1. The molecule has 14 nitrogen and oxygen atoms in total. The maximum Gasteiger partial charge on any atom is 0.313 e. The first-order chi connectivity index (χ1) is 18.3. The van der Waals surface area contributed by atoms with Gasteiger partial charge in [-0.05, 0) is 10.4 Å². The summed E-state index contributed by atoms with van der Waals surface area (Å²) < 4.78 is 1.40. The molecule has 3 aliphatic rings. The Bertz CT molecular complexity index is 1320. The number of thiazole rings is 1. The summed E-state index contributed by atoms with van der Waals surface area (Å²) in [6.07, 6.45) is 5.24. The van der Waals surface area contributed by atoms with E-state index in [2.05, 4.69) is 36.9 Å². The van der Waals surface area contributed by atoms with Crippen molar-refractivity contribution in [1.82, 2.24) is 35.4 Å². The van der Waals surface area contributed by atoms with Crippen molar-refractivity contribution in [3.05, 3.63) is 11.1 Å². The van der Waals surface area contributed by atoms with Crippen LogP contribution in [0.5, 0.6) is 0 Å². The number of thioether (sulfide) groups is 3. The Kier molecular flexibility index (Phi) is 7.70. The average Bonchev–Trinajstić information content (AvgIpc) is 3.51. The number of tetrazole rings is 1. The number of nitrogens with zero attached hydrogens (tertiary/aromatic N) is 7. The number of carboxylic acid groups (broad SMARTS) is 1. The molecule has 38 heavy (non-hydrogen) atoms. The number of carbonyl (C=O) groups excluding carboxylic acids is 2. The number of nitrogen functional groups attached to an aromatic ring is 1. The first-order valence-corrected chi connectivity index (χ1v) is 15.2. The lowest BCUT2D eigenvalue weighted by Crippen LogP contribution is -2.74. The second kappa shape index (κ2) is 11.0. The van der Waals surface area contributed by atoms with Gasteiger partial charge in [0, 0.05) is 34.9 Å². The van der Waals surface area contributed by atoms with Gasteiger partial charge in [-0.1, -0.05) is 22.8 Å². The molecular formula is C20H21N9O5S4. The Morgan fingerprint density at radius 2 is 2.26 bits per heavy atom. The number of fused-ring (bicyclic) bond motifs is 1. The summed E-state index contributed by atoms with van der Waals surface area (Å²) in [7, 11) is 0. The number of amides is 2. The van der Waals surface area contributed by atoms with Crippen LogP contribution in [0.3, 0.4) is 0 Å². The number of nitrogens with one attached hydrogen (secondary N) is 1. The van der Waals surface area contributed by atoms with Crippen LogP contribution < -0.4 is 11.1 Å². The summed E-state index contributed by atoms with van der Waals surface area (Å²) in [6, 6.07) is -0.838. The highest BCUT2D eigenvalue weighted by Gasteiger charge is 2.57. The number of carboxylic acids is 1. The quantitative estimate of drug-likeness (QED) is 0.104. The molecule has 5 rings (SSSR count). The average molecular weight is 596 g/mol. The van der Waals surface area contributed by atoms with E-state index in [4.69, 9.17) is 17.0 Å². The summed E-state index contributed by atoms with van der Waals surface area (Å²) in [5, 5.41) is 29.9. The zero-order valence-corrected chi connectivity index (χ0v) is 22.8. The minimum absolute atomic E-state index is 0.0130. The molecule has 2 aromatic rings. The van der Waals surface area contributed by atoms with Crippen molar-refractivity contribution < 1.29 is 24.3 Å². The molecule has 2 aromatic heterocycles. The molecular weight excluding hydrogens is 575 g/mol. The van der Waals surface area contributed by atoms with Crippen LogP contribution >= 0.6 is 46.6 Å². The third-order valence-electron chi connectivity index (χ3n) is 5.98. The number of terminal acetylenes is 1. The van der Waals surface area contributed by atoms with Crippen LogP contribution in [0.25, 0.3) is 0 Å². The largest absolute Gasteiger partial charge is 0.481 e.